The molecule has 1 aliphatic rings. The Morgan fingerprint density at radius 3 is 2.81 bits per heavy atom. The van der Waals surface area contributed by atoms with Gasteiger partial charge in [0.1, 0.15) is 11.7 Å². The number of carbonyl (C=O) groups excluding carboxylic acids is 2. The second-order valence-corrected chi connectivity index (χ2v) is 8.04. The van der Waals surface area contributed by atoms with E-state index < -0.39 is 6.04 Å². The van der Waals surface area contributed by atoms with Crippen molar-refractivity contribution in [2.45, 2.75) is 25.3 Å². The van der Waals surface area contributed by atoms with E-state index in [2.05, 4.69) is 15.3 Å². The predicted octanol–water partition coefficient (Wildman–Crippen LogP) is 3.90. The molecule has 1 unspecified atom stereocenters. The first-order chi connectivity index (χ1) is 13.2. The fourth-order valence-electron chi connectivity index (χ4n) is 3.14. The molecule has 1 aliphatic heterocycles. The Balaban J connectivity index is 1.48. The van der Waals surface area contributed by atoms with Crippen LogP contribution in [-0.4, -0.2) is 39.3 Å². The molecule has 0 saturated carbocycles. The first kappa shape index (κ1) is 17.8. The van der Waals surface area contributed by atoms with Gasteiger partial charge < -0.3 is 10.2 Å². The lowest BCUT2D eigenvalue weighted by atomic mass is 10.0. The van der Waals surface area contributed by atoms with Crippen LogP contribution in [0, 0.1) is 0 Å². The van der Waals surface area contributed by atoms with Crippen LogP contribution in [-0.2, 0) is 4.79 Å². The summed E-state index contributed by atoms with van der Waals surface area (Å²) in [7, 11) is 0. The minimum atomic E-state index is -0.462. The highest BCUT2D eigenvalue weighted by molar-refractivity contribution is 7.14. The Hall–Kier alpha value is -2.58. The molecule has 1 N–H and O–H groups in total. The number of hydrogen-bond donors (Lipinski definition) is 1. The Morgan fingerprint density at radius 1 is 1.11 bits per heavy atom. The van der Waals surface area contributed by atoms with Gasteiger partial charge in [-0.2, -0.15) is 0 Å². The van der Waals surface area contributed by atoms with Gasteiger partial charge >= 0.3 is 0 Å². The van der Waals surface area contributed by atoms with E-state index in [4.69, 9.17) is 0 Å². The third-order valence-corrected chi connectivity index (χ3v) is 6.08. The fraction of sp³-hybridized carbons (Fsp3) is 0.263. The van der Waals surface area contributed by atoms with Crippen LogP contribution in [0.5, 0.6) is 0 Å². The van der Waals surface area contributed by atoms with Gasteiger partial charge in [-0.15, -0.1) is 22.7 Å². The zero-order valence-corrected chi connectivity index (χ0v) is 16.1. The summed E-state index contributed by atoms with van der Waals surface area (Å²) in [6, 6.07) is 8.82. The van der Waals surface area contributed by atoms with Crippen LogP contribution in [0.15, 0.2) is 47.3 Å². The van der Waals surface area contributed by atoms with E-state index >= 15 is 0 Å². The van der Waals surface area contributed by atoms with E-state index in [1.54, 1.807) is 17.2 Å². The van der Waals surface area contributed by atoms with E-state index in [1.165, 1.54) is 22.7 Å². The standard InChI is InChI=1S/C19H18N4O2S2/c24-17(22-19-21-14(12-27-19)13-6-1-3-9-20-13)15-7-2-4-10-23(15)18(25)16-8-5-11-26-16/h1,3,5-6,8-9,11-12,15H,2,4,7,10H2,(H,21,22,24). The molecule has 0 radical (unpaired) electrons. The maximum absolute atomic E-state index is 12.8. The summed E-state index contributed by atoms with van der Waals surface area (Å²) in [4.78, 5) is 36.7. The number of piperidine rings is 1. The highest BCUT2D eigenvalue weighted by Crippen LogP contribution is 2.26. The molecular weight excluding hydrogens is 380 g/mol. The lowest BCUT2D eigenvalue weighted by molar-refractivity contribution is -0.121. The maximum Gasteiger partial charge on any atom is 0.264 e. The topological polar surface area (TPSA) is 75.2 Å². The molecule has 0 aliphatic carbocycles. The van der Waals surface area contributed by atoms with Gasteiger partial charge in [0.05, 0.1) is 10.6 Å². The van der Waals surface area contributed by atoms with Crippen LogP contribution in [0.3, 0.4) is 0 Å². The molecular formula is C19H18N4O2S2. The molecule has 0 spiro atoms. The molecule has 1 fully saturated rings. The third kappa shape index (κ3) is 3.91. The van der Waals surface area contributed by atoms with Crippen LogP contribution in [0.4, 0.5) is 5.13 Å². The lowest BCUT2D eigenvalue weighted by Crippen LogP contribution is -2.49. The number of thiophene rings is 1. The molecule has 4 heterocycles. The number of likely N-dealkylation sites (tertiary alicyclic amines) is 1. The summed E-state index contributed by atoms with van der Waals surface area (Å²) >= 11 is 2.76. The first-order valence-electron chi connectivity index (χ1n) is 8.74. The second-order valence-electron chi connectivity index (χ2n) is 6.23. The molecule has 3 aromatic heterocycles. The maximum atomic E-state index is 12.8. The SMILES string of the molecule is O=C(Nc1nc(-c2ccccn2)cs1)C1CCCCN1C(=O)c1cccs1. The van der Waals surface area contributed by atoms with Crippen molar-refractivity contribution in [3.63, 3.8) is 0 Å². The second kappa shape index (κ2) is 7.98. The number of amides is 2. The van der Waals surface area contributed by atoms with Crippen molar-refractivity contribution in [3.05, 3.63) is 52.2 Å². The third-order valence-electron chi connectivity index (χ3n) is 4.46. The molecule has 2 amide bonds. The molecule has 27 heavy (non-hydrogen) atoms. The van der Waals surface area contributed by atoms with Gasteiger partial charge in [-0.25, -0.2) is 4.98 Å². The Kier molecular flexibility index (Phi) is 5.26. The minimum absolute atomic E-state index is 0.0711. The minimum Gasteiger partial charge on any atom is -0.326 e. The number of nitrogens with one attached hydrogen (secondary N) is 1. The first-order valence-corrected chi connectivity index (χ1v) is 10.5. The van der Waals surface area contributed by atoms with Crippen molar-refractivity contribution in [3.8, 4) is 11.4 Å². The van der Waals surface area contributed by atoms with Gasteiger partial charge in [0.2, 0.25) is 5.91 Å². The Morgan fingerprint density at radius 2 is 2.04 bits per heavy atom. The molecule has 138 valence electrons. The monoisotopic (exact) mass is 398 g/mol. The molecule has 3 aromatic rings. The van der Waals surface area contributed by atoms with E-state index in [1.807, 2.05) is 35.0 Å². The Bertz CT molecular complexity index is 924. The van der Waals surface area contributed by atoms with E-state index in [9.17, 15) is 9.59 Å². The van der Waals surface area contributed by atoms with E-state index in [0.29, 0.717) is 23.0 Å². The molecule has 6 nitrogen and oxygen atoms in total. The molecule has 4 rings (SSSR count). The zero-order chi connectivity index (χ0) is 18.6. The largest absolute Gasteiger partial charge is 0.326 e. The fourth-order valence-corrected chi connectivity index (χ4v) is 4.53. The van der Waals surface area contributed by atoms with Crippen molar-refractivity contribution in [2.75, 3.05) is 11.9 Å². The molecule has 0 bridgehead atoms. The number of aromatic nitrogens is 2. The molecule has 0 aromatic carbocycles. The summed E-state index contributed by atoms with van der Waals surface area (Å²) in [5.41, 5.74) is 1.49. The molecule has 8 heteroatoms. The summed E-state index contributed by atoms with van der Waals surface area (Å²) in [5.74, 6) is -0.250. The van der Waals surface area contributed by atoms with Crippen molar-refractivity contribution >= 4 is 39.6 Å². The summed E-state index contributed by atoms with van der Waals surface area (Å²) < 4.78 is 0. The van der Waals surface area contributed by atoms with Crippen LogP contribution < -0.4 is 5.32 Å². The predicted molar refractivity (Wildman–Crippen MR) is 107 cm³/mol. The number of pyridine rings is 1. The average molecular weight is 399 g/mol. The van der Waals surface area contributed by atoms with Gasteiger partial charge in [0, 0.05) is 18.1 Å². The average Bonchev–Trinajstić information content (AvgIpc) is 3.40. The zero-order valence-electron chi connectivity index (χ0n) is 14.5. The number of nitrogens with zero attached hydrogens (tertiary/aromatic N) is 3. The number of carbonyl (C=O) groups is 2. The van der Waals surface area contributed by atoms with Gasteiger partial charge in [0.15, 0.2) is 5.13 Å². The quantitative estimate of drug-likeness (QED) is 0.723. The van der Waals surface area contributed by atoms with E-state index in [0.717, 1.165) is 24.2 Å². The highest BCUT2D eigenvalue weighted by Gasteiger charge is 2.33. The van der Waals surface area contributed by atoms with Gasteiger partial charge in [-0.3, -0.25) is 14.6 Å². The van der Waals surface area contributed by atoms with Crippen molar-refractivity contribution in [1.29, 1.82) is 0 Å². The number of thiazole rings is 1. The molecule has 1 atom stereocenters. The number of rotatable bonds is 4. The van der Waals surface area contributed by atoms with Crippen molar-refractivity contribution in [2.24, 2.45) is 0 Å². The van der Waals surface area contributed by atoms with Gasteiger partial charge in [-0.05, 0) is 42.8 Å². The van der Waals surface area contributed by atoms with Crippen molar-refractivity contribution in [1.82, 2.24) is 14.9 Å². The summed E-state index contributed by atoms with van der Waals surface area (Å²) in [6.07, 6.45) is 4.23. The highest BCUT2D eigenvalue weighted by atomic mass is 32.1. The summed E-state index contributed by atoms with van der Waals surface area (Å²) in [5, 5.41) is 7.15. The van der Waals surface area contributed by atoms with Gasteiger partial charge in [0.25, 0.3) is 5.91 Å². The van der Waals surface area contributed by atoms with Crippen LogP contribution in [0.2, 0.25) is 0 Å². The molecule has 1 saturated heterocycles. The van der Waals surface area contributed by atoms with Gasteiger partial charge in [-0.1, -0.05) is 12.1 Å². The lowest BCUT2D eigenvalue weighted by Gasteiger charge is -2.34. The summed E-state index contributed by atoms with van der Waals surface area (Å²) in [6.45, 7) is 0.603. The number of anilines is 1. The van der Waals surface area contributed by atoms with E-state index in [-0.39, 0.29) is 11.8 Å². The van der Waals surface area contributed by atoms with Crippen LogP contribution in [0.25, 0.3) is 11.4 Å². The number of hydrogen-bond acceptors (Lipinski definition) is 6. The Labute approximate surface area is 164 Å². The smallest absolute Gasteiger partial charge is 0.264 e. The van der Waals surface area contributed by atoms with Crippen LogP contribution >= 0.6 is 22.7 Å². The van der Waals surface area contributed by atoms with Crippen molar-refractivity contribution < 1.29 is 9.59 Å². The normalized spacial score (nSPS) is 16.9. The van der Waals surface area contributed by atoms with Crippen LogP contribution in [0.1, 0.15) is 28.9 Å².